The molecular formula is C23H23BrN2O4. The summed E-state index contributed by atoms with van der Waals surface area (Å²) in [7, 11) is 0. The molecule has 2 aromatic carbocycles. The van der Waals surface area contributed by atoms with Crippen LogP contribution in [0.25, 0.3) is 6.08 Å². The molecule has 0 unspecified atom stereocenters. The molecule has 0 spiro atoms. The Morgan fingerprint density at radius 2 is 1.83 bits per heavy atom. The molecule has 1 aliphatic heterocycles. The molecule has 1 heterocycles. The Balaban J connectivity index is 1.51. The van der Waals surface area contributed by atoms with E-state index in [0.29, 0.717) is 37.2 Å². The minimum atomic E-state index is -0.426. The molecule has 1 fully saturated rings. The first-order valence-electron chi connectivity index (χ1n) is 9.73. The van der Waals surface area contributed by atoms with Crippen LogP contribution in [-0.4, -0.2) is 41.8 Å². The highest BCUT2D eigenvalue weighted by atomic mass is 79.9. The monoisotopic (exact) mass is 470 g/mol. The quantitative estimate of drug-likeness (QED) is 0.409. The van der Waals surface area contributed by atoms with Crippen LogP contribution in [0.15, 0.2) is 59.1 Å². The standard InChI is InChI=1S/C23H23BrN2O4/c1-16(27)30-20-7-4-6-18(15-20)23(29)26-13-11-19(12-14-26)25-22(28)10-9-17-5-2-3-8-21(17)24/h2-10,15,19H,11-14H2,1H3,(H,25,28)/b10-9+. The van der Waals surface area contributed by atoms with Gasteiger partial charge in [-0.3, -0.25) is 14.4 Å². The third kappa shape index (κ3) is 6.03. The highest BCUT2D eigenvalue weighted by molar-refractivity contribution is 9.10. The first-order chi connectivity index (χ1) is 14.4. The van der Waals surface area contributed by atoms with E-state index in [4.69, 9.17) is 4.74 Å². The summed E-state index contributed by atoms with van der Waals surface area (Å²) in [5, 5.41) is 3.00. The molecule has 30 heavy (non-hydrogen) atoms. The van der Waals surface area contributed by atoms with E-state index in [-0.39, 0.29) is 17.9 Å². The predicted molar refractivity (Wildman–Crippen MR) is 118 cm³/mol. The van der Waals surface area contributed by atoms with E-state index in [1.807, 2.05) is 24.3 Å². The zero-order valence-electron chi connectivity index (χ0n) is 16.6. The Labute approximate surface area is 184 Å². The minimum absolute atomic E-state index is 0.0257. The van der Waals surface area contributed by atoms with Crippen molar-refractivity contribution in [3.05, 3.63) is 70.2 Å². The molecule has 6 nitrogen and oxygen atoms in total. The van der Waals surface area contributed by atoms with E-state index in [0.717, 1.165) is 10.0 Å². The third-order valence-electron chi connectivity index (χ3n) is 4.79. The van der Waals surface area contributed by atoms with Gasteiger partial charge in [0, 0.05) is 42.2 Å². The number of piperidine rings is 1. The van der Waals surface area contributed by atoms with Crippen LogP contribution < -0.4 is 10.1 Å². The van der Waals surface area contributed by atoms with Gasteiger partial charge in [-0.25, -0.2) is 0 Å². The molecule has 0 radical (unpaired) electrons. The van der Waals surface area contributed by atoms with Gasteiger partial charge in [0.15, 0.2) is 0 Å². The maximum absolute atomic E-state index is 12.7. The predicted octanol–water partition coefficient (Wildman–Crippen LogP) is 3.81. The van der Waals surface area contributed by atoms with Gasteiger partial charge in [-0.2, -0.15) is 0 Å². The van der Waals surface area contributed by atoms with Gasteiger partial charge >= 0.3 is 5.97 Å². The topological polar surface area (TPSA) is 75.7 Å². The van der Waals surface area contributed by atoms with Crippen molar-refractivity contribution in [3.63, 3.8) is 0 Å². The number of nitrogens with zero attached hydrogens (tertiary/aromatic N) is 1. The Bertz CT molecular complexity index is 965. The largest absolute Gasteiger partial charge is 0.427 e. The van der Waals surface area contributed by atoms with Gasteiger partial charge < -0.3 is 15.0 Å². The number of likely N-dealkylation sites (tertiary alicyclic amines) is 1. The van der Waals surface area contributed by atoms with Gasteiger partial charge in [0.05, 0.1) is 0 Å². The number of rotatable bonds is 5. The third-order valence-corrected chi connectivity index (χ3v) is 5.51. The maximum Gasteiger partial charge on any atom is 0.308 e. The molecule has 0 bridgehead atoms. The van der Waals surface area contributed by atoms with Crippen molar-refractivity contribution in [3.8, 4) is 5.75 Å². The Morgan fingerprint density at radius 1 is 1.10 bits per heavy atom. The van der Waals surface area contributed by atoms with Crippen LogP contribution in [0, 0.1) is 0 Å². The number of hydrogen-bond acceptors (Lipinski definition) is 4. The Hall–Kier alpha value is -2.93. The van der Waals surface area contributed by atoms with Gasteiger partial charge in [0.2, 0.25) is 5.91 Å². The number of nitrogens with one attached hydrogen (secondary N) is 1. The summed E-state index contributed by atoms with van der Waals surface area (Å²) in [5.74, 6) is -0.329. The van der Waals surface area contributed by atoms with Crippen molar-refractivity contribution in [2.24, 2.45) is 0 Å². The second kappa shape index (κ2) is 10.2. The molecule has 0 saturated carbocycles. The molecule has 1 saturated heterocycles. The summed E-state index contributed by atoms with van der Waals surface area (Å²) < 4.78 is 5.98. The number of esters is 1. The molecule has 156 valence electrons. The number of hydrogen-bond donors (Lipinski definition) is 1. The van der Waals surface area contributed by atoms with Crippen molar-refractivity contribution >= 4 is 39.8 Å². The van der Waals surface area contributed by atoms with E-state index < -0.39 is 5.97 Å². The smallest absolute Gasteiger partial charge is 0.308 e. The highest BCUT2D eigenvalue weighted by Gasteiger charge is 2.24. The van der Waals surface area contributed by atoms with Crippen LogP contribution in [0.3, 0.4) is 0 Å². The number of halogens is 1. The van der Waals surface area contributed by atoms with Gasteiger partial charge in [-0.05, 0) is 48.7 Å². The highest BCUT2D eigenvalue weighted by Crippen LogP contribution is 2.19. The molecule has 3 rings (SSSR count). The number of benzene rings is 2. The van der Waals surface area contributed by atoms with E-state index in [9.17, 15) is 14.4 Å². The van der Waals surface area contributed by atoms with Crippen LogP contribution in [0.1, 0.15) is 35.7 Å². The fourth-order valence-electron chi connectivity index (χ4n) is 3.29. The van der Waals surface area contributed by atoms with Crippen LogP contribution in [-0.2, 0) is 9.59 Å². The van der Waals surface area contributed by atoms with Crippen LogP contribution in [0.4, 0.5) is 0 Å². The molecule has 2 amide bonds. The second-order valence-corrected chi connectivity index (χ2v) is 7.91. The fraction of sp³-hybridized carbons (Fsp3) is 0.261. The van der Waals surface area contributed by atoms with E-state index in [1.165, 1.54) is 13.0 Å². The average Bonchev–Trinajstić information content (AvgIpc) is 2.73. The lowest BCUT2D eigenvalue weighted by molar-refractivity contribution is -0.131. The molecule has 0 aromatic heterocycles. The zero-order valence-corrected chi connectivity index (χ0v) is 18.2. The number of carbonyl (C=O) groups is 3. The van der Waals surface area contributed by atoms with Gasteiger partial charge in [-0.1, -0.05) is 40.2 Å². The van der Waals surface area contributed by atoms with Crippen molar-refractivity contribution in [2.75, 3.05) is 13.1 Å². The van der Waals surface area contributed by atoms with Crippen molar-refractivity contribution in [1.82, 2.24) is 10.2 Å². The van der Waals surface area contributed by atoms with Crippen LogP contribution >= 0.6 is 15.9 Å². The molecule has 7 heteroatoms. The molecule has 1 aliphatic rings. The van der Waals surface area contributed by atoms with Gasteiger partial charge in [0.25, 0.3) is 5.91 Å². The number of amides is 2. The summed E-state index contributed by atoms with van der Waals surface area (Å²) in [5.41, 5.74) is 1.41. The SMILES string of the molecule is CC(=O)Oc1cccc(C(=O)N2CCC(NC(=O)/C=C/c3ccccc3Br)CC2)c1. The van der Waals surface area contributed by atoms with Gasteiger partial charge in [0.1, 0.15) is 5.75 Å². The van der Waals surface area contributed by atoms with E-state index in [1.54, 1.807) is 35.2 Å². The summed E-state index contributed by atoms with van der Waals surface area (Å²) >= 11 is 3.46. The zero-order chi connectivity index (χ0) is 21.5. The molecule has 2 aromatic rings. The van der Waals surface area contributed by atoms with E-state index in [2.05, 4.69) is 21.2 Å². The molecule has 0 aliphatic carbocycles. The molecule has 1 N–H and O–H groups in total. The summed E-state index contributed by atoms with van der Waals surface area (Å²) in [6.07, 6.45) is 4.67. The number of carbonyl (C=O) groups excluding carboxylic acids is 3. The second-order valence-electron chi connectivity index (χ2n) is 7.05. The number of ether oxygens (including phenoxy) is 1. The first kappa shape index (κ1) is 21.8. The van der Waals surface area contributed by atoms with Crippen molar-refractivity contribution in [1.29, 1.82) is 0 Å². The van der Waals surface area contributed by atoms with Crippen molar-refractivity contribution < 1.29 is 19.1 Å². The molecular weight excluding hydrogens is 448 g/mol. The molecule has 0 atom stereocenters. The lowest BCUT2D eigenvalue weighted by Crippen LogP contribution is -2.46. The lowest BCUT2D eigenvalue weighted by Gasteiger charge is -2.32. The van der Waals surface area contributed by atoms with Crippen LogP contribution in [0.5, 0.6) is 5.75 Å². The summed E-state index contributed by atoms with van der Waals surface area (Å²) in [4.78, 5) is 37.8. The lowest BCUT2D eigenvalue weighted by atomic mass is 10.0. The summed E-state index contributed by atoms with van der Waals surface area (Å²) in [6.45, 7) is 2.42. The minimum Gasteiger partial charge on any atom is -0.427 e. The van der Waals surface area contributed by atoms with Gasteiger partial charge in [-0.15, -0.1) is 0 Å². The average molecular weight is 471 g/mol. The maximum atomic E-state index is 12.7. The fourth-order valence-corrected chi connectivity index (χ4v) is 3.71. The van der Waals surface area contributed by atoms with Crippen LogP contribution in [0.2, 0.25) is 0 Å². The normalized spacial score (nSPS) is 14.5. The van der Waals surface area contributed by atoms with E-state index >= 15 is 0 Å². The Morgan fingerprint density at radius 3 is 2.53 bits per heavy atom. The first-order valence-corrected chi connectivity index (χ1v) is 10.5. The summed E-state index contributed by atoms with van der Waals surface area (Å²) in [6, 6.07) is 14.3. The Kier molecular flexibility index (Phi) is 7.41. The van der Waals surface area contributed by atoms with Crippen molar-refractivity contribution in [2.45, 2.75) is 25.8 Å².